The van der Waals surface area contributed by atoms with Crippen LogP contribution in [0.4, 0.5) is 0 Å². The molecule has 0 fully saturated rings. The van der Waals surface area contributed by atoms with Crippen molar-refractivity contribution in [1.29, 1.82) is 0 Å². The second-order valence-electron chi connectivity index (χ2n) is 4.39. The summed E-state index contributed by atoms with van der Waals surface area (Å²) in [5, 5.41) is 0. The van der Waals surface area contributed by atoms with Crippen molar-refractivity contribution in [2.45, 2.75) is 77.0 Å². The third-order valence-corrected chi connectivity index (χ3v) is 2.73. The first kappa shape index (κ1) is 15.6. The molecule has 0 aromatic rings. The average Bonchev–Trinajstić information content (AvgIpc) is 2.31. The van der Waals surface area contributed by atoms with Gasteiger partial charge in [0.25, 0.3) is 0 Å². The van der Waals surface area contributed by atoms with Gasteiger partial charge in [0.15, 0.2) is 0 Å². The van der Waals surface area contributed by atoms with Crippen molar-refractivity contribution < 1.29 is 0 Å². The first-order chi connectivity index (χ1) is 7.91. The second-order valence-corrected chi connectivity index (χ2v) is 4.39. The van der Waals surface area contributed by atoms with Crippen LogP contribution in [-0.2, 0) is 0 Å². The van der Waals surface area contributed by atoms with Gasteiger partial charge in [-0.05, 0) is 12.8 Å². The predicted octanol–water partition coefficient (Wildman–Crippen LogP) is 5.34. The van der Waals surface area contributed by atoms with E-state index in [1.54, 1.807) is 0 Å². The van der Waals surface area contributed by atoms with E-state index < -0.39 is 0 Å². The molecule has 0 aliphatic rings. The van der Waals surface area contributed by atoms with Gasteiger partial charge >= 0.3 is 0 Å². The maximum atomic E-state index is 3.86. The van der Waals surface area contributed by atoms with Gasteiger partial charge in [-0.25, -0.2) is 0 Å². The summed E-state index contributed by atoms with van der Waals surface area (Å²) in [5.74, 6) is 6.45. The summed E-state index contributed by atoms with van der Waals surface area (Å²) in [6, 6.07) is 0. The molecular weight excluding hydrogens is 192 g/mol. The molecule has 0 heterocycles. The summed E-state index contributed by atoms with van der Waals surface area (Å²) in [7, 11) is 0. The molecule has 0 bridgehead atoms. The van der Waals surface area contributed by atoms with E-state index in [2.05, 4.69) is 25.7 Å². The van der Waals surface area contributed by atoms with E-state index in [4.69, 9.17) is 0 Å². The van der Waals surface area contributed by atoms with Crippen LogP contribution in [0.15, 0.2) is 0 Å². The van der Waals surface area contributed by atoms with E-state index in [0.717, 1.165) is 32.1 Å². The lowest BCUT2D eigenvalue weighted by Crippen LogP contribution is -1.80. The van der Waals surface area contributed by atoms with Gasteiger partial charge in [0, 0.05) is 12.8 Å². The minimum absolute atomic E-state index is 1.02. The molecule has 0 amide bonds. The minimum atomic E-state index is 1.02. The molecule has 2 radical (unpaired) electrons. The van der Waals surface area contributed by atoms with Gasteiger partial charge in [0.05, 0.1) is 0 Å². The predicted molar refractivity (Wildman–Crippen MR) is 73.9 cm³/mol. The Labute approximate surface area is 103 Å². The topological polar surface area (TPSA) is 0 Å². The number of rotatable bonds is 10. The van der Waals surface area contributed by atoms with Gasteiger partial charge in [0.1, 0.15) is 0 Å². The van der Waals surface area contributed by atoms with Crippen molar-refractivity contribution in [3.8, 4) is 11.8 Å². The Bertz CT molecular complexity index is 170. The Morgan fingerprint density at radius 3 is 1.50 bits per heavy atom. The van der Waals surface area contributed by atoms with Crippen LogP contribution in [0.1, 0.15) is 77.0 Å². The lowest BCUT2D eigenvalue weighted by atomic mass is 10.1. The average molecular weight is 220 g/mol. The van der Waals surface area contributed by atoms with Gasteiger partial charge in [-0.3, -0.25) is 0 Å². The lowest BCUT2D eigenvalue weighted by Gasteiger charge is -1.99. The van der Waals surface area contributed by atoms with Crippen molar-refractivity contribution in [2.24, 2.45) is 0 Å². The molecular formula is C16H28. The molecule has 92 valence electrons. The summed E-state index contributed by atoms with van der Waals surface area (Å²) in [4.78, 5) is 0. The Morgan fingerprint density at radius 1 is 0.500 bits per heavy atom. The van der Waals surface area contributed by atoms with Crippen LogP contribution in [0, 0.1) is 25.7 Å². The molecule has 0 spiro atoms. The van der Waals surface area contributed by atoms with E-state index in [1.807, 2.05) is 0 Å². The van der Waals surface area contributed by atoms with E-state index in [-0.39, 0.29) is 0 Å². The second kappa shape index (κ2) is 14.6. The van der Waals surface area contributed by atoms with Gasteiger partial charge < -0.3 is 0 Å². The largest absolute Gasteiger partial charge is 0.103 e. The normalized spacial score (nSPS) is 9.88. The van der Waals surface area contributed by atoms with E-state index in [0.29, 0.717) is 0 Å². The van der Waals surface area contributed by atoms with Crippen molar-refractivity contribution in [1.82, 2.24) is 0 Å². The molecule has 0 saturated heterocycles. The summed E-state index contributed by atoms with van der Waals surface area (Å²) in [6.45, 7) is 7.66. The monoisotopic (exact) mass is 220 g/mol. The molecule has 0 heteroatoms. The Hall–Kier alpha value is -0.440. The van der Waals surface area contributed by atoms with Crippen LogP contribution >= 0.6 is 0 Å². The van der Waals surface area contributed by atoms with Gasteiger partial charge in [-0.2, -0.15) is 0 Å². The van der Waals surface area contributed by atoms with Crippen LogP contribution in [0.25, 0.3) is 0 Å². The SMILES string of the molecule is [CH2]CCCC#CCCCCCCCCC[CH2]. The minimum Gasteiger partial charge on any atom is -0.103 e. The molecule has 0 saturated carbocycles. The smallest absolute Gasteiger partial charge is 0.00886 e. The van der Waals surface area contributed by atoms with Crippen molar-refractivity contribution in [2.75, 3.05) is 0 Å². The number of hydrogen-bond donors (Lipinski definition) is 0. The van der Waals surface area contributed by atoms with Crippen LogP contribution in [0.5, 0.6) is 0 Å². The van der Waals surface area contributed by atoms with E-state index in [1.165, 1.54) is 44.9 Å². The summed E-state index contributed by atoms with van der Waals surface area (Å²) in [6.07, 6.45) is 14.9. The molecule has 0 rings (SSSR count). The summed E-state index contributed by atoms with van der Waals surface area (Å²) >= 11 is 0. The third kappa shape index (κ3) is 13.6. The van der Waals surface area contributed by atoms with Gasteiger partial charge in [-0.15, -0.1) is 11.8 Å². The number of hydrogen-bond acceptors (Lipinski definition) is 0. The molecule has 0 nitrogen and oxygen atoms in total. The van der Waals surface area contributed by atoms with Crippen molar-refractivity contribution in [3.63, 3.8) is 0 Å². The molecule has 16 heavy (non-hydrogen) atoms. The maximum absolute atomic E-state index is 3.86. The molecule has 0 N–H and O–H groups in total. The Balaban J connectivity index is 2.99. The Morgan fingerprint density at radius 2 is 0.938 bits per heavy atom. The summed E-state index contributed by atoms with van der Waals surface area (Å²) < 4.78 is 0. The fraction of sp³-hybridized carbons (Fsp3) is 0.750. The van der Waals surface area contributed by atoms with Crippen molar-refractivity contribution in [3.05, 3.63) is 13.8 Å². The van der Waals surface area contributed by atoms with Crippen LogP contribution in [0.2, 0.25) is 0 Å². The highest BCUT2D eigenvalue weighted by molar-refractivity contribution is 4.98. The zero-order chi connectivity index (χ0) is 11.9. The third-order valence-electron chi connectivity index (χ3n) is 2.73. The maximum Gasteiger partial charge on any atom is 0.00886 e. The lowest BCUT2D eigenvalue weighted by molar-refractivity contribution is 0.585. The summed E-state index contributed by atoms with van der Waals surface area (Å²) in [5.41, 5.74) is 0. The highest BCUT2D eigenvalue weighted by Crippen LogP contribution is 2.09. The van der Waals surface area contributed by atoms with Crippen molar-refractivity contribution >= 4 is 0 Å². The number of unbranched alkanes of at least 4 members (excludes halogenated alkanes) is 10. The fourth-order valence-corrected chi connectivity index (χ4v) is 1.66. The van der Waals surface area contributed by atoms with Gasteiger partial charge in [-0.1, -0.05) is 65.2 Å². The van der Waals surface area contributed by atoms with Crippen LogP contribution in [-0.4, -0.2) is 0 Å². The van der Waals surface area contributed by atoms with E-state index in [9.17, 15) is 0 Å². The van der Waals surface area contributed by atoms with Crippen LogP contribution in [0.3, 0.4) is 0 Å². The zero-order valence-electron chi connectivity index (χ0n) is 10.9. The molecule has 0 aliphatic heterocycles. The highest BCUT2D eigenvalue weighted by atomic mass is 14.0. The fourth-order valence-electron chi connectivity index (χ4n) is 1.66. The first-order valence-corrected chi connectivity index (χ1v) is 6.96. The van der Waals surface area contributed by atoms with E-state index >= 15 is 0 Å². The molecule has 0 unspecified atom stereocenters. The molecule has 0 atom stereocenters. The standard InChI is InChI=1S/C16H28/c1-3-5-7-9-11-13-15-16-14-12-10-8-6-4-2/h1-9,11,13-16H2. The first-order valence-electron chi connectivity index (χ1n) is 6.96. The molecule has 0 aromatic heterocycles. The van der Waals surface area contributed by atoms with Crippen LogP contribution < -0.4 is 0 Å². The molecule has 0 aliphatic carbocycles. The highest BCUT2D eigenvalue weighted by Gasteiger charge is 1.90. The van der Waals surface area contributed by atoms with Gasteiger partial charge in [0.2, 0.25) is 0 Å². The quantitative estimate of drug-likeness (QED) is 0.344. The molecule has 0 aromatic carbocycles. The Kier molecular flexibility index (Phi) is 14.2. The zero-order valence-corrected chi connectivity index (χ0v) is 10.9.